The summed E-state index contributed by atoms with van der Waals surface area (Å²) >= 11 is 0. The van der Waals surface area contributed by atoms with Gasteiger partial charge in [0.25, 0.3) is 5.91 Å². The Kier molecular flexibility index (Phi) is 5.13. The number of carbonyl (C=O) groups is 1. The van der Waals surface area contributed by atoms with Crippen molar-refractivity contribution < 1.29 is 9.18 Å². The maximum absolute atomic E-state index is 13.6. The predicted octanol–water partition coefficient (Wildman–Crippen LogP) is 4.35. The van der Waals surface area contributed by atoms with E-state index in [2.05, 4.69) is 28.1 Å². The van der Waals surface area contributed by atoms with Gasteiger partial charge in [-0.2, -0.15) is 0 Å². The molecule has 0 aliphatic carbocycles. The molecule has 3 heterocycles. The third-order valence-electron chi connectivity index (χ3n) is 6.54. The zero-order chi connectivity index (χ0) is 23.9. The number of para-hydroxylation sites is 1. The van der Waals surface area contributed by atoms with E-state index in [4.69, 9.17) is 4.98 Å². The number of halogens is 1. The number of hydrogen-bond donors (Lipinski definition) is 0. The summed E-state index contributed by atoms with van der Waals surface area (Å²) in [4.78, 5) is 21.9. The summed E-state index contributed by atoms with van der Waals surface area (Å²) in [5, 5.41) is 10.1. The molecule has 0 unspecified atom stereocenters. The first-order valence-electron chi connectivity index (χ1n) is 11.6. The van der Waals surface area contributed by atoms with Gasteiger partial charge in [-0.3, -0.25) is 4.79 Å². The van der Waals surface area contributed by atoms with E-state index < -0.39 is 5.82 Å². The van der Waals surface area contributed by atoms with E-state index in [-0.39, 0.29) is 5.91 Å². The Morgan fingerprint density at radius 2 is 1.66 bits per heavy atom. The van der Waals surface area contributed by atoms with Crippen LogP contribution in [0, 0.1) is 12.7 Å². The number of aryl methyl sites for hydroxylation is 1. The van der Waals surface area contributed by atoms with Crippen LogP contribution in [-0.4, -0.2) is 56.6 Å². The number of anilines is 1. The number of hydrogen-bond acceptors (Lipinski definition) is 5. The highest BCUT2D eigenvalue weighted by Crippen LogP contribution is 2.30. The quantitative estimate of drug-likeness (QED) is 0.395. The fourth-order valence-corrected chi connectivity index (χ4v) is 4.69. The second-order valence-corrected chi connectivity index (χ2v) is 8.72. The van der Waals surface area contributed by atoms with Crippen LogP contribution in [0.4, 0.5) is 10.3 Å². The van der Waals surface area contributed by atoms with E-state index >= 15 is 0 Å². The van der Waals surface area contributed by atoms with Crippen molar-refractivity contribution in [3.05, 3.63) is 89.7 Å². The number of aromatic nitrogens is 4. The van der Waals surface area contributed by atoms with Crippen LogP contribution in [0.15, 0.2) is 72.8 Å². The van der Waals surface area contributed by atoms with Crippen molar-refractivity contribution in [3.63, 3.8) is 0 Å². The third-order valence-corrected chi connectivity index (χ3v) is 6.54. The van der Waals surface area contributed by atoms with Crippen molar-refractivity contribution in [1.29, 1.82) is 0 Å². The Morgan fingerprint density at radius 1 is 0.886 bits per heavy atom. The topological polar surface area (TPSA) is 66.6 Å². The summed E-state index contributed by atoms with van der Waals surface area (Å²) < 4.78 is 15.7. The highest BCUT2D eigenvalue weighted by Gasteiger charge is 2.27. The molecule has 6 rings (SSSR count). The van der Waals surface area contributed by atoms with Crippen LogP contribution in [0.3, 0.4) is 0 Å². The van der Waals surface area contributed by atoms with E-state index in [1.807, 2.05) is 46.9 Å². The molecule has 1 fully saturated rings. The average Bonchev–Trinajstić information content (AvgIpc) is 3.33. The smallest absolute Gasteiger partial charge is 0.254 e. The summed E-state index contributed by atoms with van der Waals surface area (Å²) in [7, 11) is 0. The van der Waals surface area contributed by atoms with Crippen LogP contribution < -0.4 is 4.90 Å². The standard InChI is InChI=1S/C27H23FN6O/c1-18-7-2-3-10-21(18)24-30-31-25-22-11-4-5-12-23(22)29-27(34(24)25)33-15-13-32(14-16-33)26(35)19-8-6-9-20(28)17-19/h2-12,17H,13-16H2,1H3. The molecule has 3 aromatic carbocycles. The largest absolute Gasteiger partial charge is 0.338 e. The summed E-state index contributed by atoms with van der Waals surface area (Å²) in [6.45, 7) is 4.25. The van der Waals surface area contributed by atoms with Crippen molar-refractivity contribution in [2.24, 2.45) is 0 Å². The van der Waals surface area contributed by atoms with Crippen LogP contribution in [0.1, 0.15) is 15.9 Å². The zero-order valence-electron chi connectivity index (χ0n) is 19.2. The van der Waals surface area contributed by atoms with E-state index in [9.17, 15) is 9.18 Å². The molecule has 0 atom stereocenters. The van der Waals surface area contributed by atoms with E-state index in [0.717, 1.165) is 39.4 Å². The normalized spacial score (nSPS) is 14.1. The highest BCUT2D eigenvalue weighted by atomic mass is 19.1. The molecular formula is C27H23FN6O. The second-order valence-electron chi connectivity index (χ2n) is 8.72. The molecule has 0 N–H and O–H groups in total. The first kappa shape index (κ1) is 21.2. The summed E-state index contributed by atoms with van der Waals surface area (Å²) in [5.74, 6) is 0.920. The number of benzene rings is 3. The average molecular weight is 467 g/mol. The van der Waals surface area contributed by atoms with Crippen LogP contribution >= 0.6 is 0 Å². The maximum atomic E-state index is 13.6. The Labute approximate surface area is 201 Å². The second kappa shape index (κ2) is 8.47. The molecule has 5 aromatic rings. The monoisotopic (exact) mass is 466 g/mol. The van der Waals surface area contributed by atoms with E-state index in [1.54, 1.807) is 17.0 Å². The lowest BCUT2D eigenvalue weighted by molar-refractivity contribution is 0.0745. The molecule has 174 valence electrons. The molecular weight excluding hydrogens is 443 g/mol. The Morgan fingerprint density at radius 3 is 2.46 bits per heavy atom. The molecule has 1 aliphatic heterocycles. The van der Waals surface area contributed by atoms with Crippen molar-refractivity contribution in [2.45, 2.75) is 6.92 Å². The molecule has 0 saturated carbocycles. The van der Waals surface area contributed by atoms with Gasteiger partial charge in [-0.15, -0.1) is 10.2 Å². The molecule has 7 nitrogen and oxygen atoms in total. The minimum absolute atomic E-state index is 0.161. The molecule has 1 aliphatic rings. The van der Waals surface area contributed by atoms with E-state index in [1.165, 1.54) is 12.1 Å². The Bertz CT molecular complexity index is 1570. The van der Waals surface area contributed by atoms with Crippen LogP contribution in [0.2, 0.25) is 0 Å². The number of nitrogens with zero attached hydrogens (tertiary/aromatic N) is 6. The zero-order valence-corrected chi connectivity index (χ0v) is 19.2. The van der Waals surface area contributed by atoms with Gasteiger partial charge in [0.1, 0.15) is 5.82 Å². The Hall–Kier alpha value is -4.33. The van der Waals surface area contributed by atoms with Crippen molar-refractivity contribution >= 4 is 28.4 Å². The summed E-state index contributed by atoms with van der Waals surface area (Å²) in [6.07, 6.45) is 0. The summed E-state index contributed by atoms with van der Waals surface area (Å²) in [5.41, 5.74) is 4.06. The van der Waals surface area contributed by atoms with Gasteiger partial charge < -0.3 is 9.80 Å². The van der Waals surface area contributed by atoms with E-state index in [0.29, 0.717) is 31.7 Å². The highest BCUT2D eigenvalue weighted by molar-refractivity contribution is 5.95. The summed E-state index contributed by atoms with van der Waals surface area (Å²) in [6, 6.07) is 21.9. The molecule has 8 heteroatoms. The lowest BCUT2D eigenvalue weighted by atomic mass is 10.1. The van der Waals surface area contributed by atoms with Gasteiger partial charge >= 0.3 is 0 Å². The minimum atomic E-state index is -0.409. The van der Waals surface area contributed by atoms with Gasteiger partial charge in [0.05, 0.1) is 5.52 Å². The van der Waals surface area contributed by atoms with Gasteiger partial charge in [-0.05, 0) is 42.8 Å². The number of rotatable bonds is 3. The molecule has 0 bridgehead atoms. The van der Waals surface area contributed by atoms with Gasteiger partial charge in [0.15, 0.2) is 11.5 Å². The molecule has 1 amide bonds. The number of piperazine rings is 1. The molecule has 35 heavy (non-hydrogen) atoms. The van der Waals surface area contributed by atoms with Gasteiger partial charge in [0.2, 0.25) is 5.95 Å². The predicted molar refractivity (Wildman–Crippen MR) is 133 cm³/mol. The van der Waals surface area contributed by atoms with Gasteiger partial charge in [-0.1, -0.05) is 42.5 Å². The molecule has 0 spiro atoms. The fraction of sp³-hybridized carbons (Fsp3) is 0.185. The first-order chi connectivity index (χ1) is 17.1. The van der Waals surface area contributed by atoms with Gasteiger partial charge in [0, 0.05) is 42.7 Å². The van der Waals surface area contributed by atoms with Crippen molar-refractivity contribution in [1.82, 2.24) is 24.5 Å². The molecule has 2 aromatic heterocycles. The molecule has 1 saturated heterocycles. The van der Waals surface area contributed by atoms with Crippen LogP contribution in [-0.2, 0) is 0 Å². The van der Waals surface area contributed by atoms with Crippen molar-refractivity contribution in [2.75, 3.05) is 31.1 Å². The Balaban J connectivity index is 1.39. The number of fused-ring (bicyclic) bond motifs is 3. The SMILES string of the molecule is Cc1ccccc1-c1nnc2c3ccccc3nc(N3CCN(C(=O)c4cccc(F)c4)CC3)n12. The number of amides is 1. The molecule has 0 radical (unpaired) electrons. The third kappa shape index (κ3) is 3.67. The van der Waals surface area contributed by atoms with Gasteiger partial charge in [-0.25, -0.2) is 13.8 Å². The lowest BCUT2D eigenvalue weighted by Crippen LogP contribution is -2.49. The van der Waals surface area contributed by atoms with Crippen LogP contribution in [0.5, 0.6) is 0 Å². The fourth-order valence-electron chi connectivity index (χ4n) is 4.69. The minimum Gasteiger partial charge on any atom is -0.338 e. The number of carbonyl (C=O) groups excluding carboxylic acids is 1. The van der Waals surface area contributed by atoms with Crippen molar-refractivity contribution in [3.8, 4) is 11.4 Å². The lowest BCUT2D eigenvalue weighted by Gasteiger charge is -2.35. The first-order valence-corrected chi connectivity index (χ1v) is 11.6. The van der Waals surface area contributed by atoms with Crippen LogP contribution in [0.25, 0.3) is 27.9 Å². The maximum Gasteiger partial charge on any atom is 0.254 e.